The minimum atomic E-state index is 0.677. The Morgan fingerprint density at radius 3 is 2.45 bits per heavy atom. The Morgan fingerprint density at radius 2 is 1.80 bits per heavy atom. The van der Waals surface area contributed by atoms with E-state index in [0.717, 1.165) is 23.7 Å². The summed E-state index contributed by atoms with van der Waals surface area (Å²) in [6, 6.07) is 16.6. The number of benzene rings is 2. The molecule has 0 aliphatic rings. The molecule has 2 aromatic rings. The molecule has 0 saturated carbocycles. The lowest BCUT2D eigenvalue weighted by Gasteiger charge is -2.09. The lowest BCUT2D eigenvalue weighted by molar-refractivity contribution is 1.11. The molecule has 0 unspecified atom stereocenters. The fraction of sp³-hybridized carbons (Fsp3) is 0.294. The molecule has 3 N–H and O–H groups in total. The monoisotopic (exact) mass is 286 g/mol. The first-order valence-corrected chi connectivity index (χ1v) is 7.97. The molecule has 0 spiro atoms. The van der Waals surface area contributed by atoms with Crippen LogP contribution in [0.3, 0.4) is 0 Å². The Balaban J connectivity index is 1.87. The van der Waals surface area contributed by atoms with Crippen LogP contribution in [-0.2, 0) is 12.3 Å². The average molecular weight is 286 g/mol. The van der Waals surface area contributed by atoms with Crippen molar-refractivity contribution < 1.29 is 0 Å². The highest BCUT2D eigenvalue weighted by atomic mass is 32.2. The van der Waals surface area contributed by atoms with Crippen molar-refractivity contribution in [1.82, 2.24) is 0 Å². The molecule has 2 nitrogen and oxygen atoms in total. The lowest BCUT2D eigenvalue weighted by Crippen LogP contribution is -2.00. The molecule has 2 rings (SSSR count). The Morgan fingerprint density at radius 1 is 1.05 bits per heavy atom. The third kappa shape index (κ3) is 4.82. The second-order valence-corrected chi connectivity index (χ2v) is 6.72. The van der Waals surface area contributed by atoms with Crippen molar-refractivity contribution in [3.8, 4) is 0 Å². The molecule has 0 atom stereocenters. The largest absolute Gasteiger partial charge is 0.399 e. The van der Waals surface area contributed by atoms with Gasteiger partial charge in [-0.1, -0.05) is 38.1 Å². The maximum Gasteiger partial charge on any atom is 0.0401 e. The summed E-state index contributed by atoms with van der Waals surface area (Å²) in [5, 5.41) is 4.10. The molecule has 0 aliphatic heterocycles. The zero-order valence-corrected chi connectivity index (χ0v) is 12.9. The zero-order chi connectivity index (χ0) is 14.4. The number of hydrogen-bond acceptors (Lipinski definition) is 3. The third-order valence-corrected chi connectivity index (χ3v) is 4.15. The molecular weight excluding hydrogens is 264 g/mol. The van der Waals surface area contributed by atoms with Gasteiger partial charge in [-0.3, -0.25) is 0 Å². The molecule has 0 aliphatic carbocycles. The normalized spacial score (nSPS) is 10.8. The van der Waals surface area contributed by atoms with Crippen LogP contribution in [0, 0.1) is 0 Å². The van der Waals surface area contributed by atoms with Gasteiger partial charge in [0, 0.05) is 23.7 Å². The minimum absolute atomic E-state index is 0.677. The van der Waals surface area contributed by atoms with E-state index in [0.29, 0.717) is 5.25 Å². The fourth-order valence-corrected chi connectivity index (χ4v) is 2.61. The standard InChI is InChI=1S/C17H22N2S/c1-13(2)20-12-14-6-8-17(9-7-14)19-11-15-4-3-5-16(18)10-15/h3-10,13,19H,11-12,18H2,1-2H3. The van der Waals surface area contributed by atoms with Gasteiger partial charge >= 0.3 is 0 Å². The molecule has 3 heteroatoms. The number of nitrogens with two attached hydrogens (primary N) is 1. The van der Waals surface area contributed by atoms with Crippen LogP contribution in [0.15, 0.2) is 48.5 Å². The quantitative estimate of drug-likeness (QED) is 0.767. The Kier molecular flexibility index (Phi) is 5.36. The number of hydrogen-bond donors (Lipinski definition) is 2. The summed E-state index contributed by atoms with van der Waals surface area (Å²) in [7, 11) is 0. The van der Waals surface area contributed by atoms with Gasteiger partial charge < -0.3 is 11.1 Å². The molecule has 0 saturated heterocycles. The van der Waals surface area contributed by atoms with Crippen molar-refractivity contribution in [3.05, 3.63) is 59.7 Å². The van der Waals surface area contributed by atoms with E-state index in [1.807, 2.05) is 30.0 Å². The van der Waals surface area contributed by atoms with Crippen LogP contribution < -0.4 is 11.1 Å². The zero-order valence-electron chi connectivity index (χ0n) is 12.1. The third-order valence-electron chi connectivity index (χ3n) is 2.98. The van der Waals surface area contributed by atoms with Crippen LogP contribution in [0.1, 0.15) is 25.0 Å². The number of thioether (sulfide) groups is 1. The maximum atomic E-state index is 5.78. The molecule has 0 bridgehead atoms. The van der Waals surface area contributed by atoms with Gasteiger partial charge in [-0.25, -0.2) is 0 Å². The van der Waals surface area contributed by atoms with Crippen LogP contribution >= 0.6 is 11.8 Å². The molecule has 2 aromatic carbocycles. The number of rotatable bonds is 6. The Bertz CT molecular complexity index is 535. The van der Waals surface area contributed by atoms with Crippen LogP contribution in [0.5, 0.6) is 0 Å². The molecule has 0 heterocycles. The van der Waals surface area contributed by atoms with Gasteiger partial charge in [0.25, 0.3) is 0 Å². The molecule has 0 fully saturated rings. The van der Waals surface area contributed by atoms with Gasteiger partial charge in [-0.2, -0.15) is 11.8 Å². The maximum absolute atomic E-state index is 5.78. The summed E-state index contributed by atoms with van der Waals surface area (Å²) in [4.78, 5) is 0. The molecule has 0 radical (unpaired) electrons. The van der Waals surface area contributed by atoms with Crippen LogP contribution in [0.2, 0.25) is 0 Å². The topological polar surface area (TPSA) is 38.0 Å². The molecule has 20 heavy (non-hydrogen) atoms. The summed E-state index contributed by atoms with van der Waals surface area (Å²) in [6.07, 6.45) is 0. The predicted molar refractivity (Wildman–Crippen MR) is 91.1 cm³/mol. The summed E-state index contributed by atoms with van der Waals surface area (Å²) in [5.41, 5.74) is 10.3. The summed E-state index contributed by atoms with van der Waals surface area (Å²) >= 11 is 1.97. The van der Waals surface area contributed by atoms with Gasteiger partial charge in [0.2, 0.25) is 0 Å². The first-order chi connectivity index (χ1) is 9.63. The smallest absolute Gasteiger partial charge is 0.0401 e. The van der Waals surface area contributed by atoms with E-state index in [1.165, 1.54) is 11.1 Å². The first kappa shape index (κ1) is 14.8. The van der Waals surface area contributed by atoms with Crippen molar-refractivity contribution in [3.63, 3.8) is 0 Å². The molecule has 106 valence electrons. The van der Waals surface area contributed by atoms with Gasteiger partial charge in [0.15, 0.2) is 0 Å². The van der Waals surface area contributed by atoms with E-state index in [9.17, 15) is 0 Å². The van der Waals surface area contributed by atoms with E-state index in [-0.39, 0.29) is 0 Å². The van der Waals surface area contributed by atoms with Crippen molar-refractivity contribution in [2.75, 3.05) is 11.1 Å². The number of anilines is 2. The van der Waals surface area contributed by atoms with E-state index in [4.69, 9.17) is 5.73 Å². The second kappa shape index (κ2) is 7.25. The van der Waals surface area contributed by atoms with Crippen molar-refractivity contribution in [2.45, 2.75) is 31.4 Å². The van der Waals surface area contributed by atoms with E-state index in [1.54, 1.807) is 0 Å². The molecule has 0 amide bonds. The van der Waals surface area contributed by atoms with E-state index in [2.05, 4.69) is 49.5 Å². The molecule has 0 aromatic heterocycles. The van der Waals surface area contributed by atoms with Crippen LogP contribution in [0.25, 0.3) is 0 Å². The van der Waals surface area contributed by atoms with Crippen LogP contribution in [-0.4, -0.2) is 5.25 Å². The van der Waals surface area contributed by atoms with Gasteiger partial charge in [-0.05, 0) is 40.6 Å². The van der Waals surface area contributed by atoms with Crippen molar-refractivity contribution in [2.24, 2.45) is 0 Å². The van der Waals surface area contributed by atoms with Gasteiger partial charge in [-0.15, -0.1) is 0 Å². The van der Waals surface area contributed by atoms with Crippen molar-refractivity contribution in [1.29, 1.82) is 0 Å². The Hall–Kier alpha value is -1.61. The summed E-state index contributed by atoms with van der Waals surface area (Å²) in [6.45, 7) is 5.25. The number of nitrogens with one attached hydrogen (secondary N) is 1. The van der Waals surface area contributed by atoms with Crippen molar-refractivity contribution >= 4 is 23.1 Å². The van der Waals surface area contributed by atoms with Crippen LogP contribution in [0.4, 0.5) is 11.4 Å². The first-order valence-electron chi connectivity index (χ1n) is 6.92. The predicted octanol–water partition coefficient (Wildman–Crippen LogP) is 4.52. The summed E-state index contributed by atoms with van der Waals surface area (Å²) < 4.78 is 0. The average Bonchev–Trinajstić information content (AvgIpc) is 2.44. The Labute approximate surface area is 125 Å². The molecular formula is C17H22N2S. The summed E-state index contributed by atoms with van der Waals surface area (Å²) in [5.74, 6) is 1.08. The highest BCUT2D eigenvalue weighted by molar-refractivity contribution is 7.99. The lowest BCUT2D eigenvalue weighted by atomic mass is 10.2. The second-order valence-electron chi connectivity index (χ2n) is 5.16. The highest BCUT2D eigenvalue weighted by Crippen LogP contribution is 2.19. The fourth-order valence-electron chi connectivity index (χ4n) is 1.89. The minimum Gasteiger partial charge on any atom is -0.399 e. The van der Waals surface area contributed by atoms with E-state index < -0.39 is 0 Å². The van der Waals surface area contributed by atoms with E-state index >= 15 is 0 Å². The highest BCUT2D eigenvalue weighted by Gasteiger charge is 1.98. The number of nitrogen functional groups attached to an aromatic ring is 1. The SMILES string of the molecule is CC(C)SCc1ccc(NCc2cccc(N)c2)cc1. The van der Waals surface area contributed by atoms with Gasteiger partial charge in [0.1, 0.15) is 0 Å². The van der Waals surface area contributed by atoms with Gasteiger partial charge in [0.05, 0.1) is 0 Å².